The largest absolute Gasteiger partial charge is 0.444 e. The van der Waals surface area contributed by atoms with Crippen molar-refractivity contribution < 1.29 is 28.7 Å². The molecule has 0 unspecified atom stereocenters. The van der Waals surface area contributed by atoms with E-state index >= 15 is 0 Å². The van der Waals surface area contributed by atoms with Gasteiger partial charge in [-0.2, -0.15) is 0 Å². The summed E-state index contributed by atoms with van der Waals surface area (Å²) >= 11 is 1.03. The van der Waals surface area contributed by atoms with Crippen LogP contribution in [-0.4, -0.2) is 35.2 Å². The van der Waals surface area contributed by atoms with Gasteiger partial charge in [-0.25, -0.2) is 9.59 Å². The Morgan fingerprint density at radius 2 is 0.897 bits per heavy atom. The molecule has 3 rings (SSSR count). The summed E-state index contributed by atoms with van der Waals surface area (Å²) in [4.78, 5) is 50.2. The van der Waals surface area contributed by atoms with Crippen molar-refractivity contribution >= 4 is 58.1 Å². The predicted molar refractivity (Wildman–Crippen MR) is 153 cm³/mol. The first-order valence-corrected chi connectivity index (χ1v) is 12.9. The highest BCUT2D eigenvalue weighted by molar-refractivity contribution is 7.16. The number of thiophene rings is 1. The smallest absolute Gasteiger partial charge is 0.412 e. The highest BCUT2D eigenvalue weighted by atomic mass is 32.1. The minimum atomic E-state index is -0.640. The van der Waals surface area contributed by atoms with E-state index in [0.29, 0.717) is 32.5 Å². The third-order valence-corrected chi connectivity index (χ3v) is 5.67. The van der Waals surface area contributed by atoms with Crippen LogP contribution in [0.25, 0.3) is 0 Å². The highest BCUT2D eigenvalue weighted by Crippen LogP contribution is 2.23. The summed E-state index contributed by atoms with van der Waals surface area (Å²) in [6.07, 6.45) is -1.21. The SMILES string of the molecule is CC(C)(C)OC(=O)Nc1cccc(NC(=O)c2ccc(C(=O)Nc3cccc(NC(=O)OC(C)(C)C)c3)s2)c1. The maximum Gasteiger partial charge on any atom is 0.412 e. The number of carbonyl (C=O) groups is 4. The summed E-state index contributed by atoms with van der Waals surface area (Å²) in [6.45, 7) is 10.6. The lowest BCUT2D eigenvalue weighted by atomic mass is 10.2. The van der Waals surface area contributed by atoms with Gasteiger partial charge < -0.3 is 20.1 Å². The molecule has 10 nitrogen and oxygen atoms in total. The summed E-state index contributed by atoms with van der Waals surface area (Å²) in [6, 6.07) is 16.4. The lowest BCUT2D eigenvalue weighted by molar-refractivity contribution is 0.0624. The average Bonchev–Trinajstić information content (AvgIpc) is 3.27. The number of benzene rings is 2. The minimum Gasteiger partial charge on any atom is -0.444 e. The second-order valence-corrected chi connectivity index (χ2v) is 11.6. The van der Waals surface area contributed by atoms with Crippen molar-refractivity contribution in [2.24, 2.45) is 0 Å². The van der Waals surface area contributed by atoms with E-state index in [1.54, 1.807) is 102 Å². The van der Waals surface area contributed by atoms with E-state index in [2.05, 4.69) is 21.3 Å². The standard InChI is InChI=1S/C28H32N4O6S/c1-27(2,3)37-25(35)31-19-11-7-9-17(15-19)29-23(33)21-13-14-22(39-21)24(34)30-18-10-8-12-20(16-18)32-26(36)38-28(4,5)6/h7-16H,1-6H3,(H,29,33)(H,30,34)(H,31,35)(H,32,36). The number of anilines is 4. The van der Waals surface area contributed by atoms with Crippen LogP contribution in [0, 0.1) is 0 Å². The molecule has 0 aliphatic rings. The summed E-state index contributed by atoms with van der Waals surface area (Å²) in [5, 5.41) is 10.8. The fourth-order valence-electron chi connectivity index (χ4n) is 3.16. The second-order valence-electron chi connectivity index (χ2n) is 10.5. The fraction of sp³-hybridized carbons (Fsp3) is 0.286. The van der Waals surface area contributed by atoms with Crippen LogP contribution in [0.2, 0.25) is 0 Å². The molecule has 39 heavy (non-hydrogen) atoms. The Morgan fingerprint density at radius 1 is 0.564 bits per heavy atom. The minimum absolute atomic E-state index is 0.325. The van der Waals surface area contributed by atoms with Crippen molar-refractivity contribution in [2.45, 2.75) is 52.7 Å². The zero-order chi connectivity index (χ0) is 28.8. The van der Waals surface area contributed by atoms with Crippen LogP contribution in [0.4, 0.5) is 32.3 Å². The van der Waals surface area contributed by atoms with Crippen molar-refractivity contribution in [3.05, 3.63) is 70.4 Å². The van der Waals surface area contributed by atoms with E-state index in [1.165, 1.54) is 0 Å². The number of nitrogens with one attached hydrogen (secondary N) is 4. The molecule has 0 saturated carbocycles. The van der Waals surface area contributed by atoms with Crippen LogP contribution in [0.3, 0.4) is 0 Å². The quantitative estimate of drug-likeness (QED) is 0.261. The maximum atomic E-state index is 12.8. The molecular formula is C28H32N4O6S. The first kappa shape index (κ1) is 29.2. The van der Waals surface area contributed by atoms with Crippen molar-refractivity contribution in [3.8, 4) is 0 Å². The maximum absolute atomic E-state index is 12.8. The molecule has 11 heteroatoms. The first-order valence-electron chi connectivity index (χ1n) is 12.1. The van der Waals surface area contributed by atoms with Gasteiger partial charge in [0.05, 0.1) is 9.75 Å². The molecule has 0 spiro atoms. The van der Waals surface area contributed by atoms with E-state index in [4.69, 9.17) is 9.47 Å². The number of hydrogen-bond donors (Lipinski definition) is 4. The third-order valence-electron chi connectivity index (χ3n) is 4.59. The van der Waals surface area contributed by atoms with Crippen molar-refractivity contribution in [2.75, 3.05) is 21.3 Å². The molecule has 1 heterocycles. The molecule has 0 saturated heterocycles. The fourth-order valence-corrected chi connectivity index (χ4v) is 3.96. The van der Waals surface area contributed by atoms with Crippen LogP contribution in [0.15, 0.2) is 60.7 Å². The zero-order valence-corrected chi connectivity index (χ0v) is 23.4. The number of rotatable bonds is 6. The van der Waals surface area contributed by atoms with E-state index in [0.717, 1.165) is 11.3 Å². The lowest BCUT2D eigenvalue weighted by Crippen LogP contribution is -2.27. The summed E-state index contributed by atoms with van der Waals surface area (Å²) in [5.41, 5.74) is 0.551. The Balaban J connectivity index is 1.60. The first-order chi connectivity index (χ1) is 18.2. The Labute approximate surface area is 231 Å². The molecule has 0 atom stereocenters. The summed E-state index contributed by atoms with van der Waals surface area (Å²) in [7, 11) is 0. The molecular weight excluding hydrogens is 520 g/mol. The Hall–Kier alpha value is -4.38. The van der Waals surface area contributed by atoms with Gasteiger partial charge in [0.15, 0.2) is 0 Å². The van der Waals surface area contributed by atoms with E-state index in [1.807, 2.05) is 0 Å². The number of carbonyl (C=O) groups excluding carboxylic acids is 4. The van der Waals surface area contributed by atoms with Gasteiger partial charge in [0.25, 0.3) is 11.8 Å². The van der Waals surface area contributed by atoms with Gasteiger partial charge in [0.1, 0.15) is 11.2 Å². The zero-order valence-electron chi connectivity index (χ0n) is 22.6. The van der Waals surface area contributed by atoms with Crippen LogP contribution in [0.5, 0.6) is 0 Å². The third kappa shape index (κ3) is 9.78. The van der Waals surface area contributed by atoms with Crippen LogP contribution < -0.4 is 21.3 Å². The van der Waals surface area contributed by atoms with Crippen molar-refractivity contribution in [1.82, 2.24) is 0 Å². The topological polar surface area (TPSA) is 135 Å². The van der Waals surface area contributed by atoms with Gasteiger partial charge in [-0.15, -0.1) is 11.3 Å². The monoisotopic (exact) mass is 552 g/mol. The van der Waals surface area contributed by atoms with Crippen LogP contribution in [0.1, 0.15) is 60.9 Å². The molecule has 2 aromatic carbocycles. The van der Waals surface area contributed by atoms with Crippen molar-refractivity contribution in [3.63, 3.8) is 0 Å². The molecule has 0 aliphatic carbocycles. The van der Waals surface area contributed by atoms with Gasteiger partial charge in [-0.3, -0.25) is 20.2 Å². The molecule has 0 fully saturated rings. The van der Waals surface area contributed by atoms with Gasteiger partial charge in [0.2, 0.25) is 0 Å². The molecule has 206 valence electrons. The van der Waals surface area contributed by atoms with Gasteiger partial charge >= 0.3 is 12.2 Å². The van der Waals surface area contributed by atoms with Crippen molar-refractivity contribution in [1.29, 1.82) is 0 Å². The molecule has 0 aliphatic heterocycles. The van der Waals surface area contributed by atoms with Crippen LogP contribution in [-0.2, 0) is 9.47 Å². The number of amides is 4. The number of ether oxygens (including phenoxy) is 2. The predicted octanol–water partition coefficient (Wildman–Crippen LogP) is 6.95. The van der Waals surface area contributed by atoms with Gasteiger partial charge in [-0.05, 0) is 90.1 Å². The Bertz CT molecular complexity index is 1270. The summed E-state index contributed by atoms with van der Waals surface area (Å²) in [5.74, 6) is -0.811. The Morgan fingerprint density at radius 3 is 1.23 bits per heavy atom. The van der Waals surface area contributed by atoms with E-state index in [9.17, 15) is 19.2 Å². The van der Waals surface area contributed by atoms with Crippen LogP contribution >= 0.6 is 11.3 Å². The van der Waals surface area contributed by atoms with E-state index < -0.39 is 35.2 Å². The average molecular weight is 553 g/mol. The van der Waals surface area contributed by atoms with Gasteiger partial charge in [0, 0.05) is 22.7 Å². The highest BCUT2D eigenvalue weighted by Gasteiger charge is 2.18. The molecule has 4 amide bonds. The van der Waals surface area contributed by atoms with E-state index in [-0.39, 0.29) is 0 Å². The number of hydrogen-bond acceptors (Lipinski definition) is 7. The van der Waals surface area contributed by atoms with Gasteiger partial charge in [-0.1, -0.05) is 12.1 Å². The molecule has 3 aromatic rings. The normalized spacial score (nSPS) is 11.2. The molecule has 0 bridgehead atoms. The Kier molecular flexibility index (Phi) is 8.97. The molecule has 1 aromatic heterocycles. The molecule has 4 N–H and O–H groups in total. The summed E-state index contributed by atoms with van der Waals surface area (Å²) < 4.78 is 10.5. The second kappa shape index (κ2) is 12.0. The lowest BCUT2D eigenvalue weighted by Gasteiger charge is -2.19. The molecule has 0 radical (unpaired) electrons.